The average Bonchev–Trinajstić information content (AvgIpc) is 3.13. The van der Waals surface area contributed by atoms with Gasteiger partial charge in [0.15, 0.2) is 0 Å². The average molecular weight is 647 g/mol. The fourth-order valence-corrected chi connectivity index (χ4v) is 6.67. The minimum absolute atomic E-state index is 0.339. The fraction of sp³-hybridized carbons (Fsp3) is 0.444. The summed E-state index contributed by atoms with van der Waals surface area (Å²) in [7, 11) is 0. The minimum atomic E-state index is -0.549. The number of unbranched alkanes of at least 4 members (excludes halogenated alkanes) is 6. The normalized spacial score (nSPS) is 12.4. The first kappa shape index (κ1) is 37.0. The van der Waals surface area contributed by atoms with Gasteiger partial charge in [0.2, 0.25) is 0 Å². The molecule has 3 nitrogen and oxygen atoms in total. The predicted octanol–water partition coefficient (Wildman–Crippen LogP) is 12.6. The van der Waals surface area contributed by atoms with Gasteiger partial charge in [0.25, 0.3) is 0 Å². The number of hydrogen-bond donors (Lipinski definition) is 0. The maximum absolute atomic E-state index is 12.3. The van der Waals surface area contributed by atoms with Crippen LogP contribution in [0.5, 0.6) is 0 Å². The lowest BCUT2D eigenvalue weighted by Crippen LogP contribution is -2.10. The molecule has 2 unspecified atom stereocenters. The summed E-state index contributed by atoms with van der Waals surface area (Å²) in [6, 6.07) is 39.9. The molecule has 0 saturated heterocycles. The van der Waals surface area contributed by atoms with Crippen LogP contribution in [0.4, 0.5) is 4.79 Å². The van der Waals surface area contributed by atoms with Crippen LogP contribution in [0.25, 0.3) is 0 Å². The first-order valence-electron chi connectivity index (χ1n) is 18.7. The molecular weight excluding hydrogens is 588 g/mol. The third kappa shape index (κ3) is 13.0. The zero-order valence-corrected chi connectivity index (χ0v) is 29.6. The second-order valence-electron chi connectivity index (χ2n) is 13.3. The van der Waals surface area contributed by atoms with Gasteiger partial charge in [-0.15, -0.1) is 0 Å². The molecule has 0 aliphatic heterocycles. The van der Waals surface area contributed by atoms with E-state index in [1.807, 2.05) is 0 Å². The molecule has 0 fully saturated rings. The maximum atomic E-state index is 12.3. The largest absolute Gasteiger partial charge is 0.508 e. The molecule has 0 aliphatic rings. The molecule has 256 valence electrons. The van der Waals surface area contributed by atoms with E-state index in [0.29, 0.717) is 25.0 Å². The molecule has 0 bridgehead atoms. The van der Waals surface area contributed by atoms with E-state index < -0.39 is 6.16 Å². The number of hydrogen-bond acceptors (Lipinski definition) is 3. The molecule has 0 radical (unpaired) electrons. The zero-order valence-electron chi connectivity index (χ0n) is 29.6. The first-order valence-corrected chi connectivity index (χ1v) is 18.7. The molecular formula is C45H58O3. The smallest absolute Gasteiger partial charge is 0.434 e. The third-order valence-electron chi connectivity index (χ3n) is 9.52. The van der Waals surface area contributed by atoms with Gasteiger partial charge in [-0.3, -0.25) is 0 Å². The number of aryl methyl sites for hydroxylation is 2. The molecule has 0 aromatic heterocycles. The van der Waals surface area contributed by atoms with Crippen LogP contribution < -0.4 is 0 Å². The van der Waals surface area contributed by atoms with E-state index in [9.17, 15) is 4.79 Å². The van der Waals surface area contributed by atoms with Gasteiger partial charge in [0.05, 0.1) is 13.2 Å². The van der Waals surface area contributed by atoms with Gasteiger partial charge in [-0.1, -0.05) is 149 Å². The Morgan fingerprint density at radius 3 is 1.21 bits per heavy atom. The Hall–Kier alpha value is -3.85. The highest BCUT2D eigenvalue weighted by Crippen LogP contribution is 2.31. The van der Waals surface area contributed by atoms with Crippen molar-refractivity contribution in [3.05, 3.63) is 143 Å². The van der Waals surface area contributed by atoms with Crippen LogP contribution in [0.15, 0.2) is 109 Å². The van der Waals surface area contributed by atoms with Crippen LogP contribution in [0.1, 0.15) is 136 Å². The lowest BCUT2D eigenvalue weighted by Gasteiger charge is -2.19. The second-order valence-corrected chi connectivity index (χ2v) is 13.3. The number of carbonyl (C=O) groups excluding carboxylic acids is 1. The number of rotatable bonds is 22. The van der Waals surface area contributed by atoms with Gasteiger partial charge < -0.3 is 9.47 Å². The predicted molar refractivity (Wildman–Crippen MR) is 201 cm³/mol. The molecule has 4 aromatic carbocycles. The lowest BCUT2D eigenvalue weighted by molar-refractivity contribution is 0.0528. The van der Waals surface area contributed by atoms with Crippen molar-refractivity contribution in [2.45, 2.75) is 116 Å². The highest BCUT2D eigenvalue weighted by atomic mass is 16.7. The molecule has 0 spiro atoms. The van der Waals surface area contributed by atoms with Crippen LogP contribution in [0.3, 0.4) is 0 Å². The number of carbonyl (C=O) groups is 1. The van der Waals surface area contributed by atoms with Crippen LogP contribution in [-0.4, -0.2) is 19.4 Å². The summed E-state index contributed by atoms with van der Waals surface area (Å²) in [6.07, 6.45) is 15.0. The third-order valence-corrected chi connectivity index (χ3v) is 9.52. The van der Waals surface area contributed by atoms with Gasteiger partial charge >= 0.3 is 6.16 Å². The molecule has 4 aromatic rings. The highest BCUT2D eigenvalue weighted by molar-refractivity contribution is 5.59. The molecule has 3 heteroatoms. The van der Waals surface area contributed by atoms with Crippen molar-refractivity contribution in [2.75, 3.05) is 13.2 Å². The van der Waals surface area contributed by atoms with Crippen molar-refractivity contribution < 1.29 is 14.3 Å². The van der Waals surface area contributed by atoms with Crippen molar-refractivity contribution in [2.24, 2.45) is 0 Å². The van der Waals surface area contributed by atoms with E-state index in [1.54, 1.807) is 0 Å². The summed E-state index contributed by atoms with van der Waals surface area (Å²) < 4.78 is 10.9. The molecule has 0 N–H and O–H groups in total. The molecule has 0 amide bonds. The minimum Gasteiger partial charge on any atom is -0.434 e. The molecule has 2 atom stereocenters. The van der Waals surface area contributed by atoms with Gasteiger partial charge in [0.1, 0.15) is 0 Å². The molecule has 0 heterocycles. The summed E-state index contributed by atoms with van der Waals surface area (Å²) >= 11 is 0. The lowest BCUT2D eigenvalue weighted by atomic mass is 9.86. The van der Waals surface area contributed by atoms with E-state index in [4.69, 9.17) is 9.47 Å². The van der Waals surface area contributed by atoms with E-state index in [1.165, 1.54) is 71.9 Å². The van der Waals surface area contributed by atoms with Gasteiger partial charge in [-0.05, 0) is 97.6 Å². The Balaban J connectivity index is 1.16. The molecule has 48 heavy (non-hydrogen) atoms. The Bertz CT molecular complexity index is 1290. The van der Waals surface area contributed by atoms with E-state index in [0.717, 1.165) is 51.4 Å². The van der Waals surface area contributed by atoms with Crippen molar-refractivity contribution in [3.63, 3.8) is 0 Å². The SMILES string of the molecule is CCCCCc1ccc(C(CCCCOC(=O)OCCCCC(c2ccccc2)c2ccc(CCCCC)cc2)c2ccccc2)cc1. The first-order chi connectivity index (χ1) is 23.7. The van der Waals surface area contributed by atoms with Crippen LogP contribution in [-0.2, 0) is 22.3 Å². The van der Waals surface area contributed by atoms with E-state index >= 15 is 0 Å². The summed E-state index contributed by atoms with van der Waals surface area (Å²) in [5, 5.41) is 0. The summed E-state index contributed by atoms with van der Waals surface area (Å²) in [5.74, 6) is 0.678. The van der Waals surface area contributed by atoms with Gasteiger partial charge in [-0.25, -0.2) is 4.79 Å². The highest BCUT2D eigenvalue weighted by Gasteiger charge is 2.16. The standard InChI is InChI=1S/C45H58O3/c1-3-5-9-19-37-27-31-41(32-28-37)43(39-21-11-7-12-22-39)25-15-17-35-47-45(46)48-36-18-16-26-44(40-23-13-8-14-24-40)42-33-29-38(30-34-42)20-10-6-4-2/h7-8,11-14,21-24,27-34,43-44H,3-6,9-10,15-20,25-26,35-36H2,1-2H3. The molecule has 0 aliphatic carbocycles. The molecule has 0 saturated carbocycles. The summed E-state index contributed by atoms with van der Waals surface area (Å²) in [5.41, 5.74) is 8.23. The van der Waals surface area contributed by atoms with Crippen molar-refractivity contribution >= 4 is 6.16 Å². The van der Waals surface area contributed by atoms with E-state index in [-0.39, 0.29) is 0 Å². The number of ether oxygens (including phenoxy) is 2. The van der Waals surface area contributed by atoms with Crippen LogP contribution >= 0.6 is 0 Å². The maximum Gasteiger partial charge on any atom is 0.508 e. The quantitative estimate of drug-likeness (QED) is 0.0629. The summed E-state index contributed by atoms with van der Waals surface area (Å²) in [6.45, 7) is 5.28. The van der Waals surface area contributed by atoms with Gasteiger partial charge in [-0.2, -0.15) is 0 Å². The van der Waals surface area contributed by atoms with E-state index in [2.05, 4.69) is 123 Å². The molecule has 4 rings (SSSR count). The van der Waals surface area contributed by atoms with Crippen LogP contribution in [0, 0.1) is 0 Å². The number of benzene rings is 4. The van der Waals surface area contributed by atoms with Crippen molar-refractivity contribution in [1.82, 2.24) is 0 Å². The van der Waals surface area contributed by atoms with Gasteiger partial charge in [0, 0.05) is 11.8 Å². The Morgan fingerprint density at radius 1 is 0.458 bits per heavy atom. The fourth-order valence-electron chi connectivity index (χ4n) is 6.67. The van der Waals surface area contributed by atoms with Crippen LogP contribution in [0.2, 0.25) is 0 Å². The topological polar surface area (TPSA) is 35.5 Å². The zero-order chi connectivity index (χ0) is 33.7. The summed E-state index contributed by atoms with van der Waals surface area (Å²) in [4.78, 5) is 12.3. The Morgan fingerprint density at radius 2 is 0.833 bits per heavy atom. The second kappa shape index (κ2) is 21.9. The van der Waals surface area contributed by atoms with Crippen molar-refractivity contribution in [3.8, 4) is 0 Å². The van der Waals surface area contributed by atoms with Crippen molar-refractivity contribution in [1.29, 1.82) is 0 Å². The Kier molecular flexibility index (Phi) is 16.9. The Labute approximate surface area is 291 Å². The monoisotopic (exact) mass is 646 g/mol.